The molecule has 5 rings (SSSR count). The fourth-order valence-electron chi connectivity index (χ4n) is 4.60. The third kappa shape index (κ3) is 3.71. The number of aryl methyl sites for hydroxylation is 1. The second-order valence-electron chi connectivity index (χ2n) is 7.99. The van der Waals surface area contributed by atoms with Crippen LogP contribution in [0.5, 0.6) is 0 Å². The van der Waals surface area contributed by atoms with E-state index in [9.17, 15) is 4.79 Å². The molecule has 1 unspecified atom stereocenters. The molecule has 0 bridgehead atoms. The smallest absolute Gasteiger partial charge is 0.227 e. The molecule has 0 saturated heterocycles. The zero-order valence-electron chi connectivity index (χ0n) is 16.4. The quantitative estimate of drug-likeness (QED) is 0.663. The van der Waals surface area contributed by atoms with Crippen LogP contribution in [0.15, 0.2) is 30.9 Å². The molecule has 2 aliphatic carbocycles. The van der Waals surface area contributed by atoms with Gasteiger partial charge in [-0.25, -0.2) is 9.97 Å². The Morgan fingerprint density at radius 1 is 1.17 bits per heavy atom. The van der Waals surface area contributed by atoms with Crippen molar-refractivity contribution >= 4 is 33.3 Å². The number of hydrogen-bond donors (Lipinski definition) is 2. The van der Waals surface area contributed by atoms with Crippen molar-refractivity contribution in [3.8, 4) is 0 Å². The van der Waals surface area contributed by atoms with E-state index in [-0.39, 0.29) is 11.8 Å². The van der Waals surface area contributed by atoms with Crippen LogP contribution in [0, 0.1) is 0 Å². The topological polar surface area (TPSA) is 79.8 Å². The van der Waals surface area contributed by atoms with Crippen LogP contribution in [-0.4, -0.2) is 26.9 Å². The first-order chi connectivity index (χ1) is 14.3. The van der Waals surface area contributed by atoms with Gasteiger partial charge in [0, 0.05) is 29.9 Å². The lowest BCUT2D eigenvalue weighted by molar-refractivity contribution is -0.122. The van der Waals surface area contributed by atoms with Gasteiger partial charge in [0.15, 0.2) is 0 Å². The Morgan fingerprint density at radius 3 is 2.90 bits per heavy atom. The normalized spacial score (nSPS) is 19.2. The molecular weight excluding hydrogens is 382 g/mol. The third-order valence-electron chi connectivity index (χ3n) is 6.06. The molecule has 2 N–H and O–H groups in total. The molecule has 6 nitrogen and oxygen atoms in total. The Labute approximate surface area is 174 Å². The number of pyridine rings is 1. The van der Waals surface area contributed by atoms with Gasteiger partial charge < -0.3 is 10.6 Å². The van der Waals surface area contributed by atoms with E-state index in [1.54, 1.807) is 30.1 Å². The summed E-state index contributed by atoms with van der Waals surface area (Å²) in [5, 5.41) is 7.84. The van der Waals surface area contributed by atoms with E-state index in [0.717, 1.165) is 40.0 Å². The lowest BCUT2D eigenvalue weighted by Gasteiger charge is -2.24. The SMILES string of the molecule is O=C(NCc1cccnc1)C1CCc2sc3ncnc(NC4CCCCC4)c3c21. The van der Waals surface area contributed by atoms with Gasteiger partial charge in [-0.3, -0.25) is 9.78 Å². The van der Waals surface area contributed by atoms with E-state index in [1.165, 1.54) is 37.0 Å². The molecule has 0 radical (unpaired) electrons. The van der Waals surface area contributed by atoms with Crippen LogP contribution in [0.25, 0.3) is 10.2 Å². The van der Waals surface area contributed by atoms with Crippen molar-refractivity contribution in [3.05, 3.63) is 46.9 Å². The molecule has 3 heterocycles. The van der Waals surface area contributed by atoms with Crippen molar-refractivity contribution in [2.45, 2.75) is 63.5 Å². The van der Waals surface area contributed by atoms with Crippen molar-refractivity contribution in [2.75, 3.05) is 5.32 Å². The predicted octanol–water partition coefficient (Wildman–Crippen LogP) is 4.18. The van der Waals surface area contributed by atoms with E-state index in [4.69, 9.17) is 0 Å². The summed E-state index contributed by atoms with van der Waals surface area (Å²) in [5.41, 5.74) is 2.16. The summed E-state index contributed by atoms with van der Waals surface area (Å²) in [7, 11) is 0. The van der Waals surface area contributed by atoms with Gasteiger partial charge in [0.1, 0.15) is 17.0 Å². The van der Waals surface area contributed by atoms with Gasteiger partial charge >= 0.3 is 0 Å². The largest absolute Gasteiger partial charge is 0.367 e. The Bertz CT molecular complexity index is 1010. The van der Waals surface area contributed by atoms with Gasteiger partial charge in [-0.05, 0) is 42.9 Å². The van der Waals surface area contributed by atoms with Crippen LogP contribution in [0.2, 0.25) is 0 Å². The number of anilines is 1. The molecule has 1 fully saturated rings. The van der Waals surface area contributed by atoms with Crippen LogP contribution < -0.4 is 10.6 Å². The highest BCUT2D eigenvalue weighted by molar-refractivity contribution is 7.19. The van der Waals surface area contributed by atoms with Gasteiger partial charge in [0.25, 0.3) is 0 Å². The summed E-state index contributed by atoms with van der Waals surface area (Å²) in [6, 6.07) is 4.34. The average molecular weight is 408 g/mol. The first-order valence-electron chi connectivity index (χ1n) is 10.5. The highest BCUT2D eigenvalue weighted by atomic mass is 32.1. The molecule has 1 amide bonds. The molecule has 1 saturated carbocycles. The Morgan fingerprint density at radius 2 is 2.07 bits per heavy atom. The minimum Gasteiger partial charge on any atom is -0.367 e. The van der Waals surface area contributed by atoms with Crippen molar-refractivity contribution in [1.29, 1.82) is 0 Å². The number of nitrogens with one attached hydrogen (secondary N) is 2. The predicted molar refractivity (Wildman–Crippen MR) is 115 cm³/mol. The van der Waals surface area contributed by atoms with Gasteiger partial charge in [0.2, 0.25) is 5.91 Å². The Hall–Kier alpha value is -2.54. The maximum Gasteiger partial charge on any atom is 0.227 e. The van der Waals surface area contributed by atoms with Crippen molar-refractivity contribution in [2.24, 2.45) is 0 Å². The number of fused-ring (bicyclic) bond motifs is 3. The highest BCUT2D eigenvalue weighted by Crippen LogP contribution is 2.45. The molecule has 0 aliphatic heterocycles. The van der Waals surface area contributed by atoms with E-state index in [2.05, 4.69) is 25.6 Å². The third-order valence-corrected chi connectivity index (χ3v) is 7.24. The fourth-order valence-corrected chi connectivity index (χ4v) is 5.82. The minimum atomic E-state index is -0.131. The fraction of sp³-hybridized carbons (Fsp3) is 0.455. The maximum absolute atomic E-state index is 13.0. The Kier molecular flexibility index (Phi) is 5.14. The molecular formula is C22H25N5OS. The second kappa shape index (κ2) is 8.06. The number of rotatable bonds is 5. The van der Waals surface area contributed by atoms with Crippen LogP contribution in [0.4, 0.5) is 5.82 Å². The lowest BCUT2D eigenvalue weighted by Crippen LogP contribution is -2.28. The second-order valence-corrected chi connectivity index (χ2v) is 9.07. The zero-order valence-corrected chi connectivity index (χ0v) is 17.2. The van der Waals surface area contributed by atoms with Crippen LogP contribution >= 0.6 is 11.3 Å². The van der Waals surface area contributed by atoms with E-state index in [0.29, 0.717) is 12.6 Å². The van der Waals surface area contributed by atoms with Crippen molar-refractivity contribution in [3.63, 3.8) is 0 Å². The van der Waals surface area contributed by atoms with E-state index in [1.807, 2.05) is 12.1 Å². The maximum atomic E-state index is 13.0. The van der Waals surface area contributed by atoms with Crippen LogP contribution in [-0.2, 0) is 17.8 Å². The molecule has 7 heteroatoms. The monoisotopic (exact) mass is 407 g/mol. The van der Waals surface area contributed by atoms with Crippen molar-refractivity contribution in [1.82, 2.24) is 20.3 Å². The first-order valence-corrected chi connectivity index (χ1v) is 11.3. The summed E-state index contributed by atoms with van der Waals surface area (Å²) in [6.45, 7) is 0.504. The molecule has 29 heavy (non-hydrogen) atoms. The summed E-state index contributed by atoms with van der Waals surface area (Å²) in [6.07, 6.45) is 13.2. The molecule has 3 aromatic heterocycles. The van der Waals surface area contributed by atoms with Crippen LogP contribution in [0.3, 0.4) is 0 Å². The van der Waals surface area contributed by atoms with Crippen molar-refractivity contribution < 1.29 is 4.79 Å². The molecule has 0 aromatic carbocycles. The van der Waals surface area contributed by atoms with Crippen LogP contribution in [0.1, 0.15) is 60.4 Å². The number of nitrogens with zero attached hydrogens (tertiary/aromatic N) is 3. The molecule has 1 atom stereocenters. The van der Waals surface area contributed by atoms with E-state index < -0.39 is 0 Å². The number of aromatic nitrogens is 3. The number of amides is 1. The molecule has 150 valence electrons. The minimum absolute atomic E-state index is 0.0831. The summed E-state index contributed by atoms with van der Waals surface area (Å²) in [5.74, 6) is 0.861. The summed E-state index contributed by atoms with van der Waals surface area (Å²) >= 11 is 1.72. The molecule has 0 spiro atoms. The first kappa shape index (κ1) is 18.5. The van der Waals surface area contributed by atoms with E-state index >= 15 is 0 Å². The standard InChI is InChI=1S/C22H25N5OS/c28-21(24-12-14-5-4-10-23-11-14)16-8-9-17-18(16)19-20(25-13-26-22(19)29-17)27-15-6-2-1-3-7-15/h4-5,10-11,13,15-16H,1-3,6-9,12H2,(H,24,28)(H,25,26,27). The number of thiophene rings is 1. The van der Waals surface area contributed by atoms with Gasteiger partial charge in [-0.15, -0.1) is 11.3 Å². The number of hydrogen-bond acceptors (Lipinski definition) is 6. The number of carbonyl (C=O) groups is 1. The lowest BCUT2D eigenvalue weighted by atomic mass is 9.95. The summed E-state index contributed by atoms with van der Waals surface area (Å²) in [4.78, 5) is 28.5. The molecule has 3 aromatic rings. The summed E-state index contributed by atoms with van der Waals surface area (Å²) < 4.78 is 0. The number of carbonyl (C=O) groups excluding carboxylic acids is 1. The van der Waals surface area contributed by atoms with Gasteiger partial charge in [0.05, 0.1) is 11.3 Å². The zero-order chi connectivity index (χ0) is 19.6. The Balaban J connectivity index is 1.41. The average Bonchev–Trinajstić information content (AvgIpc) is 3.33. The van der Waals surface area contributed by atoms with Gasteiger partial charge in [-0.1, -0.05) is 25.3 Å². The molecule has 2 aliphatic rings. The van der Waals surface area contributed by atoms with Gasteiger partial charge in [-0.2, -0.15) is 0 Å². The highest BCUT2D eigenvalue weighted by Gasteiger charge is 2.34.